The minimum Gasteiger partial charge on any atom is -0.352 e. The van der Waals surface area contributed by atoms with Crippen molar-refractivity contribution in [2.75, 3.05) is 20.1 Å². The molecule has 0 unspecified atom stereocenters. The topological polar surface area (TPSA) is 63.1 Å². The highest BCUT2D eigenvalue weighted by atomic mass is 16.1. The highest BCUT2D eigenvalue weighted by Gasteiger charge is 2.16. The lowest BCUT2D eigenvalue weighted by Crippen LogP contribution is -2.31. The van der Waals surface area contributed by atoms with E-state index in [1.165, 1.54) is 0 Å². The number of hydrogen-bond acceptors (Lipinski definition) is 4. The van der Waals surface area contributed by atoms with Gasteiger partial charge in [0.05, 0.1) is 5.56 Å². The van der Waals surface area contributed by atoms with E-state index in [2.05, 4.69) is 41.2 Å². The van der Waals surface area contributed by atoms with Crippen molar-refractivity contribution in [2.45, 2.75) is 26.3 Å². The zero-order valence-corrected chi connectivity index (χ0v) is 14.3. The van der Waals surface area contributed by atoms with Crippen LogP contribution in [0.3, 0.4) is 0 Å². The zero-order valence-electron chi connectivity index (χ0n) is 14.3. The molecule has 0 saturated carbocycles. The van der Waals surface area contributed by atoms with Gasteiger partial charge in [0.1, 0.15) is 5.69 Å². The normalized spacial score (nSPS) is 11.2. The number of rotatable bonds is 7. The van der Waals surface area contributed by atoms with Crippen LogP contribution in [0, 0.1) is 0 Å². The minimum absolute atomic E-state index is 0.0934. The van der Waals surface area contributed by atoms with E-state index in [0.29, 0.717) is 23.8 Å². The Labute approximate surface area is 137 Å². The predicted molar refractivity (Wildman–Crippen MR) is 91.2 cm³/mol. The third-order valence-electron chi connectivity index (χ3n) is 3.86. The van der Waals surface area contributed by atoms with Crippen LogP contribution in [0.4, 0.5) is 0 Å². The second-order valence-corrected chi connectivity index (χ2v) is 5.99. The summed E-state index contributed by atoms with van der Waals surface area (Å²) in [6, 6.07) is 4.26. The first-order valence-electron chi connectivity index (χ1n) is 7.91. The first-order valence-corrected chi connectivity index (χ1v) is 7.91. The Morgan fingerprint density at radius 1 is 1.43 bits per heavy atom. The van der Waals surface area contributed by atoms with Crippen molar-refractivity contribution in [3.8, 4) is 11.3 Å². The molecule has 124 valence electrons. The van der Waals surface area contributed by atoms with Crippen LogP contribution < -0.4 is 5.32 Å². The maximum atomic E-state index is 12.4. The van der Waals surface area contributed by atoms with Gasteiger partial charge in [-0.15, -0.1) is 0 Å². The summed E-state index contributed by atoms with van der Waals surface area (Å²) in [4.78, 5) is 18.8. The van der Waals surface area contributed by atoms with Crippen LogP contribution in [0.5, 0.6) is 0 Å². The molecule has 0 fully saturated rings. The van der Waals surface area contributed by atoms with E-state index in [0.717, 1.165) is 18.5 Å². The van der Waals surface area contributed by atoms with Crippen molar-refractivity contribution in [3.05, 3.63) is 36.3 Å². The monoisotopic (exact) mass is 315 g/mol. The zero-order chi connectivity index (χ0) is 16.8. The molecule has 23 heavy (non-hydrogen) atoms. The number of nitrogens with one attached hydrogen (secondary N) is 1. The lowest BCUT2D eigenvalue weighted by molar-refractivity contribution is 0.0952. The van der Waals surface area contributed by atoms with Gasteiger partial charge in [-0.25, -0.2) is 0 Å². The van der Waals surface area contributed by atoms with Crippen LogP contribution in [-0.4, -0.2) is 51.8 Å². The SMILES string of the molecule is CC(C)N(C)CCCNC(=O)c1cn(C)nc1-c1cccnc1. The van der Waals surface area contributed by atoms with Crippen molar-refractivity contribution < 1.29 is 4.79 Å². The molecule has 0 aromatic carbocycles. The molecule has 2 aromatic rings. The van der Waals surface area contributed by atoms with E-state index in [-0.39, 0.29) is 5.91 Å². The molecule has 0 spiro atoms. The molecule has 0 bridgehead atoms. The summed E-state index contributed by atoms with van der Waals surface area (Å²) in [5.41, 5.74) is 2.09. The molecule has 0 radical (unpaired) electrons. The van der Waals surface area contributed by atoms with Crippen LogP contribution in [0.25, 0.3) is 11.3 Å². The maximum Gasteiger partial charge on any atom is 0.255 e. The lowest BCUT2D eigenvalue weighted by Gasteiger charge is -2.20. The molecule has 0 saturated heterocycles. The number of hydrogen-bond donors (Lipinski definition) is 1. The molecule has 2 heterocycles. The maximum absolute atomic E-state index is 12.4. The van der Waals surface area contributed by atoms with Crippen LogP contribution in [-0.2, 0) is 7.05 Å². The summed E-state index contributed by atoms with van der Waals surface area (Å²) in [7, 11) is 3.91. The highest BCUT2D eigenvalue weighted by molar-refractivity contribution is 5.99. The summed E-state index contributed by atoms with van der Waals surface area (Å²) < 4.78 is 1.66. The first-order chi connectivity index (χ1) is 11.0. The van der Waals surface area contributed by atoms with Gasteiger partial charge in [-0.05, 0) is 46.0 Å². The smallest absolute Gasteiger partial charge is 0.255 e. The standard InChI is InChI=1S/C17H25N5O/c1-13(2)21(3)10-6-9-19-17(23)15-12-22(4)20-16(15)14-7-5-8-18-11-14/h5,7-8,11-13H,6,9-10H2,1-4H3,(H,19,23). The van der Waals surface area contributed by atoms with Gasteiger partial charge in [0.25, 0.3) is 5.91 Å². The number of amides is 1. The molecule has 0 atom stereocenters. The Morgan fingerprint density at radius 2 is 2.22 bits per heavy atom. The Balaban J connectivity index is 1.98. The third-order valence-corrected chi connectivity index (χ3v) is 3.86. The largest absolute Gasteiger partial charge is 0.352 e. The average molecular weight is 315 g/mol. The minimum atomic E-state index is -0.0934. The second kappa shape index (κ2) is 7.87. The summed E-state index contributed by atoms with van der Waals surface area (Å²) >= 11 is 0. The molecule has 6 heteroatoms. The van der Waals surface area contributed by atoms with Gasteiger partial charge < -0.3 is 10.2 Å². The van der Waals surface area contributed by atoms with Gasteiger partial charge in [-0.1, -0.05) is 0 Å². The fourth-order valence-corrected chi connectivity index (χ4v) is 2.25. The molecule has 2 aromatic heterocycles. The van der Waals surface area contributed by atoms with Crippen LogP contribution in [0.2, 0.25) is 0 Å². The Kier molecular flexibility index (Phi) is 5.87. The van der Waals surface area contributed by atoms with Crippen molar-refractivity contribution in [2.24, 2.45) is 7.05 Å². The van der Waals surface area contributed by atoms with Crippen molar-refractivity contribution in [1.29, 1.82) is 0 Å². The summed E-state index contributed by atoms with van der Waals surface area (Å²) in [5.74, 6) is -0.0934. The number of aromatic nitrogens is 3. The molecule has 1 N–H and O–H groups in total. The van der Waals surface area contributed by atoms with E-state index in [1.54, 1.807) is 23.3 Å². The molecular formula is C17H25N5O. The van der Waals surface area contributed by atoms with Gasteiger partial charge in [-0.2, -0.15) is 5.10 Å². The van der Waals surface area contributed by atoms with Gasteiger partial charge in [-0.3, -0.25) is 14.5 Å². The van der Waals surface area contributed by atoms with E-state index in [4.69, 9.17) is 0 Å². The number of pyridine rings is 1. The molecule has 0 aliphatic carbocycles. The fourth-order valence-electron chi connectivity index (χ4n) is 2.25. The molecule has 2 rings (SSSR count). The molecule has 0 aliphatic rings. The van der Waals surface area contributed by atoms with Crippen molar-refractivity contribution in [1.82, 2.24) is 25.0 Å². The van der Waals surface area contributed by atoms with E-state index in [9.17, 15) is 4.79 Å². The van der Waals surface area contributed by atoms with Gasteiger partial charge in [0, 0.05) is 43.8 Å². The number of carbonyl (C=O) groups excluding carboxylic acids is 1. The fraction of sp³-hybridized carbons (Fsp3) is 0.471. The van der Waals surface area contributed by atoms with E-state index < -0.39 is 0 Å². The van der Waals surface area contributed by atoms with Gasteiger partial charge in [0.15, 0.2) is 0 Å². The quantitative estimate of drug-likeness (QED) is 0.793. The summed E-state index contributed by atoms with van der Waals surface area (Å²) in [6.45, 7) is 5.93. The Morgan fingerprint density at radius 3 is 2.87 bits per heavy atom. The Bertz CT molecular complexity index is 636. The number of carbonyl (C=O) groups is 1. The third kappa shape index (κ3) is 4.63. The molecular weight excluding hydrogens is 290 g/mol. The molecule has 1 amide bonds. The van der Waals surface area contributed by atoms with E-state index in [1.807, 2.05) is 19.2 Å². The highest BCUT2D eigenvalue weighted by Crippen LogP contribution is 2.20. The lowest BCUT2D eigenvalue weighted by atomic mass is 10.1. The van der Waals surface area contributed by atoms with Crippen molar-refractivity contribution in [3.63, 3.8) is 0 Å². The van der Waals surface area contributed by atoms with E-state index >= 15 is 0 Å². The predicted octanol–water partition coefficient (Wildman–Crippen LogP) is 1.94. The summed E-state index contributed by atoms with van der Waals surface area (Å²) in [6.07, 6.45) is 6.09. The average Bonchev–Trinajstić information content (AvgIpc) is 2.94. The molecule has 0 aliphatic heterocycles. The Hall–Kier alpha value is -2.21. The van der Waals surface area contributed by atoms with Gasteiger partial charge >= 0.3 is 0 Å². The van der Waals surface area contributed by atoms with Crippen LogP contribution >= 0.6 is 0 Å². The summed E-state index contributed by atoms with van der Waals surface area (Å²) in [5, 5.41) is 7.37. The first kappa shape index (κ1) is 17.1. The van der Waals surface area contributed by atoms with Crippen LogP contribution in [0.1, 0.15) is 30.6 Å². The van der Waals surface area contributed by atoms with Gasteiger partial charge in [0.2, 0.25) is 0 Å². The number of aryl methyl sites for hydroxylation is 1. The number of nitrogens with zero attached hydrogens (tertiary/aromatic N) is 4. The second-order valence-electron chi connectivity index (χ2n) is 5.99. The molecule has 6 nitrogen and oxygen atoms in total. The van der Waals surface area contributed by atoms with Crippen LogP contribution in [0.15, 0.2) is 30.7 Å². The van der Waals surface area contributed by atoms with Crippen molar-refractivity contribution >= 4 is 5.91 Å².